The number of dihydropyridines is 1. The van der Waals surface area contributed by atoms with Gasteiger partial charge in [0.2, 0.25) is 0 Å². The van der Waals surface area contributed by atoms with Crippen LogP contribution in [0.1, 0.15) is 30.0 Å². The van der Waals surface area contributed by atoms with Crippen LogP contribution in [0.25, 0.3) is 11.6 Å². The van der Waals surface area contributed by atoms with Crippen LogP contribution in [0.3, 0.4) is 0 Å². The first-order valence-corrected chi connectivity index (χ1v) is 8.73. The van der Waals surface area contributed by atoms with E-state index < -0.39 is 0 Å². The second-order valence-electron chi connectivity index (χ2n) is 5.92. The third-order valence-corrected chi connectivity index (χ3v) is 5.13. The fourth-order valence-corrected chi connectivity index (χ4v) is 3.80. The quantitative estimate of drug-likeness (QED) is 0.811. The van der Waals surface area contributed by atoms with E-state index in [2.05, 4.69) is 42.6 Å². The molecule has 0 saturated carbocycles. The van der Waals surface area contributed by atoms with E-state index in [0.29, 0.717) is 0 Å². The zero-order chi connectivity index (χ0) is 16.2. The maximum absolute atomic E-state index is 12.5. The molecule has 1 N–H and O–H groups in total. The maximum atomic E-state index is 12.5. The lowest BCUT2D eigenvalue weighted by Gasteiger charge is -2.12. The third kappa shape index (κ3) is 3.80. The minimum absolute atomic E-state index is 0.00612. The standard InChI is InChI=1S/C20H21NOS/c1-14(20(22)16-6-4-3-5-7-16)12-18-8-9-19(23-18)17-10-11-21-15(2)13-17/h3-6,8-10,12-13,16,21H,7,11H2,1-2H3/b14-12+. The highest BCUT2D eigenvalue weighted by molar-refractivity contribution is 7.14. The molecule has 0 bridgehead atoms. The molecule has 1 aromatic heterocycles. The van der Waals surface area contributed by atoms with Gasteiger partial charge in [-0.05, 0) is 55.7 Å². The number of rotatable bonds is 4. The summed E-state index contributed by atoms with van der Waals surface area (Å²) in [6.45, 7) is 4.87. The van der Waals surface area contributed by atoms with Crippen molar-refractivity contribution in [2.75, 3.05) is 6.54 Å². The average molecular weight is 323 g/mol. The highest BCUT2D eigenvalue weighted by atomic mass is 32.1. The molecule has 0 aromatic carbocycles. The zero-order valence-corrected chi connectivity index (χ0v) is 14.3. The summed E-state index contributed by atoms with van der Waals surface area (Å²) in [6.07, 6.45) is 15.2. The molecule has 1 atom stereocenters. The lowest BCUT2D eigenvalue weighted by molar-refractivity contribution is -0.117. The molecule has 0 amide bonds. The fraction of sp³-hybridized carbons (Fsp3) is 0.250. The molecular formula is C20H21NOS. The molecule has 3 rings (SSSR count). The van der Waals surface area contributed by atoms with Gasteiger partial charge < -0.3 is 5.32 Å². The summed E-state index contributed by atoms with van der Waals surface area (Å²) in [5, 5.41) is 3.29. The molecular weight excluding hydrogens is 302 g/mol. The minimum atomic E-state index is -0.00612. The van der Waals surface area contributed by atoms with Crippen molar-refractivity contribution in [1.29, 1.82) is 0 Å². The lowest BCUT2D eigenvalue weighted by Crippen LogP contribution is -2.14. The number of hydrogen-bond donors (Lipinski definition) is 1. The summed E-state index contributed by atoms with van der Waals surface area (Å²) in [7, 11) is 0. The van der Waals surface area contributed by atoms with Crippen LogP contribution < -0.4 is 5.32 Å². The number of carbonyl (C=O) groups excluding carboxylic acids is 1. The predicted octanol–water partition coefficient (Wildman–Crippen LogP) is 4.74. The monoisotopic (exact) mass is 323 g/mol. The molecule has 0 fully saturated rings. The summed E-state index contributed by atoms with van der Waals surface area (Å²) >= 11 is 1.73. The average Bonchev–Trinajstić information content (AvgIpc) is 3.03. The van der Waals surface area contributed by atoms with Crippen molar-refractivity contribution >= 4 is 28.8 Å². The van der Waals surface area contributed by atoms with E-state index >= 15 is 0 Å². The van der Waals surface area contributed by atoms with Gasteiger partial charge >= 0.3 is 0 Å². The predicted molar refractivity (Wildman–Crippen MR) is 99.1 cm³/mol. The van der Waals surface area contributed by atoms with E-state index in [1.165, 1.54) is 16.1 Å². The number of Topliss-reactive ketones (excluding diaryl/α,β-unsaturated/α-hetero) is 1. The number of allylic oxidation sites excluding steroid dienone is 8. The summed E-state index contributed by atoms with van der Waals surface area (Å²) < 4.78 is 0. The van der Waals surface area contributed by atoms with Crippen molar-refractivity contribution in [1.82, 2.24) is 5.32 Å². The van der Waals surface area contributed by atoms with Gasteiger partial charge in [-0.3, -0.25) is 4.79 Å². The molecule has 23 heavy (non-hydrogen) atoms. The highest BCUT2D eigenvalue weighted by Gasteiger charge is 2.17. The Balaban J connectivity index is 1.75. The molecule has 1 aliphatic carbocycles. The minimum Gasteiger partial charge on any atom is -0.385 e. The van der Waals surface area contributed by atoms with E-state index in [1.54, 1.807) is 11.3 Å². The fourth-order valence-electron chi connectivity index (χ4n) is 2.77. The van der Waals surface area contributed by atoms with Crippen LogP contribution in [-0.2, 0) is 4.79 Å². The lowest BCUT2D eigenvalue weighted by atomic mass is 9.92. The van der Waals surface area contributed by atoms with Gasteiger partial charge in [0.15, 0.2) is 5.78 Å². The van der Waals surface area contributed by atoms with Crippen molar-refractivity contribution in [3.63, 3.8) is 0 Å². The molecule has 0 saturated heterocycles. The molecule has 1 unspecified atom stereocenters. The van der Waals surface area contributed by atoms with E-state index in [0.717, 1.165) is 23.4 Å². The molecule has 1 aliphatic heterocycles. The smallest absolute Gasteiger partial charge is 0.165 e. The topological polar surface area (TPSA) is 29.1 Å². The van der Waals surface area contributed by atoms with Crippen LogP contribution in [-0.4, -0.2) is 12.3 Å². The van der Waals surface area contributed by atoms with Crippen molar-refractivity contribution in [3.05, 3.63) is 69.6 Å². The summed E-state index contributed by atoms with van der Waals surface area (Å²) in [5.41, 5.74) is 3.28. The normalized spacial score (nSPS) is 20.8. The van der Waals surface area contributed by atoms with Crippen molar-refractivity contribution in [3.8, 4) is 0 Å². The van der Waals surface area contributed by atoms with Crippen LogP contribution in [0, 0.1) is 5.92 Å². The number of hydrogen-bond acceptors (Lipinski definition) is 3. The Bertz CT molecular complexity index is 758. The third-order valence-electron chi connectivity index (χ3n) is 4.05. The van der Waals surface area contributed by atoms with Crippen LogP contribution in [0.15, 0.2) is 59.9 Å². The SMILES string of the molecule is CC1=CC(c2ccc(/C=C(\C)C(=O)C3C=CC=CC3)s2)=CCN1. The zero-order valence-electron chi connectivity index (χ0n) is 13.5. The Labute approximate surface area is 141 Å². The first kappa shape index (κ1) is 15.8. The summed E-state index contributed by atoms with van der Waals surface area (Å²) in [5.74, 6) is 0.214. The van der Waals surface area contributed by atoms with Crippen LogP contribution in [0.5, 0.6) is 0 Å². The molecule has 3 heteroatoms. The molecule has 2 nitrogen and oxygen atoms in total. The molecule has 118 valence electrons. The van der Waals surface area contributed by atoms with Gasteiger partial charge in [-0.15, -0.1) is 11.3 Å². The van der Waals surface area contributed by atoms with E-state index in [9.17, 15) is 4.79 Å². The largest absolute Gasteiger partial charge is 0.385 e. The van der Waals surface area contributed by atoms with Gasteiger partial charge in [-0.1, -0.05) is 30.4 Å². The molecule has 0 spiro atoms. The number of ketones is 1. The second-order valence-corrected chi connectivity index (χ2v) is 7.03. The Kier molecular flexibility index (Phi) is 4.77. The van der Waals surface area contributed by atoms with Gasteiger partial charge in [0.05, 0.1) is 0 Å². The van der Waals surface area contributed by atoms with E-state index in [-0.39, 0.29) is 11.7 Å². The highest BCUT2D eigenvalue weighted by Crippen LogP contribution is 2.29. The van der Waals surface area contributed by atoms with Gasteiger partial charge in [0.25, 0.3) is 0 Å². The second kappa shape index (κ2) is 6.97. The number of nitrogens with one attached hydrogen (secondary N) is 1. The first-order chi connectivity index (χ1) is 11.1. The Hall–Kier alpha value is -2.13. The molecule has 2 heterocycles. The first-order valence-electron chi connectivity index (χ1n) is 7.92. The van der Waals surface area contributed by atoms with Crippen molar-refractivity contribution in [2.24, 2.45) is 5.92 Å². The van der Waals surface area contributed by atoms with Crippen molar-refractivity contribution < 1.29 is 4.79 Å². The van der Waals surface area contributed by atoms with Crippen LogP contribution in [0.4, 0.5) is 0 Å². The molecule has 0 radical (unpaired) electrons. The Morgan fingerprint density at radius 2 is 2.22 bits per heavy atom. The van der Waals surface area contributed by atoms with Crippen molar-refractivity contribution in [2.45, 2.75) is 20.3 Å². The van der Waals surface area contributed by atoms with Gasteiger partial charge in [-0.25, -0.2) is 0 Å². The Morgan fingerprint density at radius 1 is 1.35 bits per heavy atom. The van der Waals surface area contributed by atoms with Crippen LogP contribution in [0.2, 0.25) is 0 Å². The van der Waals surface area contributed by atoms with Gasteiger partial charge in [0.1, 0.15) is 0 Å². The Morgan fingerprint density at radius 3 is 2.96 bits per heavy atom. The van der Waals surface area contributed by atoms with Gasteiger partial charge in [0, 0.05) is 27.9 Å². The maximum Gasteiger partial charge on any atom is 0.165 e. The number of carbonyl (C=O) groups is 1. The van der Waals surface area contributed by atoms with Crippen LogP contribution >= 0.6 is 11.3 Å². The van der Waals surface area contributed by atoms with E-state index in [1.807, 2.05) is 31.2 Å². The summed E-state index contributed by atoms with van der Waals surface area (Å²) in [6, 6.07) is 4.23. The summed E-state index contributed by atoms with van der Waals surface area (Å²) in [4.78, 5) is 14.9. The van der Waals surface area contributed by atoms with Gasteiger partial charge in [-0.2, -0.15) is 0 Å². The molecule has 2 aliphatic rings. The van der Waals surface area contributed by atoms with E-state index in [4.69, 9.17) is 0 Å². The number of thiophene rings is 1. The molecule has 1 aromatic rings.